The van der Waals surface area contributed by atoms with Crippen molar-refractivity contribution in [3.63, 3.8) is 0 Å². The molecule has 0 radical (unpaired) electrons. The van der Waals surface area contributed by atoms with E-state index in [0.29, 0.717) is 23.7 Å². The maximum absolute atomic E-state index is 2.55. The van der Waals surface area contributed by atoms with Crippen LogP contribution < -0.4 is 10.4 Å². The van der Waals surface area contributed by atoms with Gasteiger partial charge in [0, 0.05) is 23.7 Å². The molecule has 4 atom stereocenters. The van der Waals surface area contributed by atoms with Crippen LogP contribution in [-0.4, -0.2) is 0 Å². The van der Waals surface area contributed by atoms with Gasteiger partial charge in [-0.05, 0) is 45.6 Å². The first-order valence-corrected chi connectivity index (χ1v) is 10.5. The van der Waals surface area contributed by atoms with Crippen LogP contribution in [0, 0.1) is 23.7 Å². The molecule has 0 bridgehead atoms. The minimum absolute atomic E-state index is 0.437. The molecule has 4 unspecified atom stereocenters. The predicted octanol–water partition coefficient (Wildman–Crippen LogP) is 4.93. The van der Waals surface area contributed by atoms with Crippen LogP contribution in [0.2, 0.25) is 0 Å². The number of rotatable bonds is 1. The third-order valence-corrected chi connectivity index (χ3v) is 6.88. The summed E-state index contributed by atoms with van der Waals surface area (Å²) in [7, 11) is 0. The summed E-state index contributed by atoms with van der Waals surface area (Å²) in [5.41, 5.74) is 6.16. The number of benzene rings is 1. The second-order valence-electron chi connectivity index (χ2n) is 8.38. The van der Waals surface area contributed by atoms with Crippen LogP contribution in [0.25, 0.3) is 11.6 Å². The van der Waals surface area contributed by atoms with Crippen molar-refractivity contribution >= 4 is 11.6 Å². The van der Waals surface area contributed by atoms with E-state index in [0.717, 1.165) is 6.42 Å². The van der Waals surface area contributed by atoms with E-state index in [1.165, 1.54) is 28.0 Å². The molecule has 0 aliphatic heterocycles. The molecule has 5 aliphatic carbocycles. The van der Waals surface area contributed by atoms with E-state index in [2.05, 4.69) is 97.2 Å². The maximum Gasteiger partial charge on any atom is 0.0128 e. The first-order valence-electron chi connectivity index (χ1n) is 10.5. The van der Waals surface area contributed by atoms with Crippen LogP contribution in [0.15, 0.2) is 108 Å². The molecule has 0 heteroatoms. The van der Waals surface area contributed by atoms with Crippen molar-refractivity contribution in [2.24, 2.45) is 23.7 Å². The van der Waals surface area contributed by atoms with Crippen LogP contribution in [0.4, 0.5) is 0 Å². The van der Waals surface area contributed by atoms with Gasteiger partial charge in [0.25, 0.3) is 0 Å². The molecule has 0 amide bonds. The van der Waals surface area contributed by atoms with E-state index in [9.17, 15) is 0 Å². The first kappa shape index (κ1) is 16.1. The fourth-order valence-corrected chi connectivity index (χ4v) is 5.62. The summed E-state index contributed by atoms with van der Waals surface area (Å²) >= 11 is 0. The lowest BCUT2D eigenvalue weighted by Gasteiger charge is -2.39. The number of hydrogen-bond donors (Lipinski definition) is 0. The Hall–Kier alpha value is -2.86. The van der Waals surface area contributed by atoms with E-state index in [-0.39, 0.29) is 0 Å². The number of allylic oxidation sites excluding steroid dienone is 14. The normalized spacial score (nSPS) is 31.6. The zero-order valence-electron chi connectivity index (χ0n) is 16.0. The van der Waals surface area contributed by atoms with Crippen LogP contribution >= 0.6 is 0 Å². The third-order valence-electron chi connectivity index (χ3n) is 6.88. The standard InChI is InChI=1S/C28H24/c1-4-12-22-21(11-1)18-27(26-16-8-7-15-25(22)26)28-23-13-5-2-9-19(23)17-20-10-3-6-14-24(20)28/h2-10,12-19,23,25-26H,1,11H2. The lowest BCUT2D eigenvalue weighted by atomic mass is 9.65. The summed E-state index contributed by atoms with van der Waals surface area (Å²) in [6.07, 6.45) is 30.6. The molecule has 0 saturated heterocycles. The fraction of sp³-hybridized carbons (Fsp3) is 0.214. The van der Waals surface area contributed by atoms with E-state index < -0.39 is 0 Å². The monoisotopic (exact) mass is 360 g/mol. The highest BCUT2D eigenvalue weighted by atomic mass is 14.4. The van der Waals surface area contributed by atoms with Crippen molar-refractivity contribution in [2.45, 2.75) is 12.8 Å². The zero-order chi connectivity index (χ0) is 18.5. The van der Waals surface area contributed by atoms with Crippen LogP contribution in [0.1, 0.15) is 12.8 Å². The topological polar surface area (TPSA) is 0 Å². The molecule has 28 heavy (non-hydrogen) atoms. The second-order valence-corrected chi connectivity index (χ2v) is 8.38. The molecule has 0 spiro atoms. The molecular weight excluding hydrogens is 336 g/mol. The Morgan fingerprint density at radius 1 is 0.786 bits per heavy atom. The Morgan fingerprint density at radius 2 is 1.57 bits per heavy atom. The fourth-order valence-electron chi connectivity index (χ4n) is 5.62. The molecule has 1 aromatic rings. The molecule has 6 rings (SSSR count). The van der Waals surface area contributed by atoms with Gasteiger partial charge in [0.05, 0.1) is 0 Å². The molecule has 0 fully saturated rings. The van der Waals surface area contributed by atoms with E-state index in [1.807, 2.05) is 0 Å². The second kappa shape index (κ2) is 6.34. The summed E-state index contributed by atoms with van der Waals surface area (Å²) < 4.78 is 0. The lowest BCUT2D eigenvalue weighted by molar-refractivity contribution is 0.585. The lowest BCUT2D eigenvalue weighted by Crippen LogP contribution is -2.38. The van der Waals surface area contributed by atoms with Gasteiger partial charge in [-0.2, -0.15) is 0 Å². The number of fused-ring (bicyclic) bond motifs is 4. The van der Waals surface area contributed by atoms with Gasteiger partial charge in [0.15, 0.2) is 0 Å². The summed E-state index contributed by atoms with van der Waals surface area (Å²) in [6, 6.07) is 8.97. The smallest absolute Gasteiger partial charge is 0.0128 e. The predicted molar refractivity (Wildman–Crippen MR) is 118 cm³/mol. The molecule has 136 valence electrons. The summed E-state index contributed by atoms with van der Waals surface area (Å²) in [5, 5.41) is 2.81. The van der Waals surface area contributed by atoms with Gasteiger partial charge >= 0.3 is 0 Å². The summed E-state index contributed by atoms with van der Waals surface area (Å²) in [5.74, 6) is 1.81. The van der Waals surface area contributed by atoms with Crippen molar-refractivity contribution in [2.75, 3.05) is 0 Å². The maximum atomic E-state index is 2.55. The summed E-state index contributed by atoms with van der Waals surface area (Å²) in [4.78, 5) is 0. The van der Waals surface area contributed by atoms with Gasteiger partial charge in [0.1, 0.15) is 0 Å². The van der Waals surface area contributed by atoms with Crippen LogP contribution in [0.3, 0.4) is 0 Å². The van der Waals surface area contributed by atoms with Crippen molar-refractivity contribution in [3.8, 4) is 0 Å². The van der Waals surface area contributed by atoms with Crippen molar-refractivity contribution < 1.29 is 0 Å². The minimum atomic E-state index is 0.437. The molecular formula is C28H24. The van der Waals surface area contributed by atoms with Gasteiger partial charge in [-0.15, -0.1) is 0 Å². The molecule has 0 heterocycles. The van der Waals surface area contributed by atoms with Crippen molar-refractivity contribution in [1.82, 2.24) is 0 Å². The minimum Gasteiger partial charge on any atom is -0.0839 e. The molecule has 1 aromatic carbocycles. The Balaban J connectivity index is 1.64. The Labute approximate surface area is 166 Å². The van der Waals surface area contributed by atoms with Gasteiger partial charge in [-0.25, -0.2) is 0 Å². The molecule has 0 aromatic heterocycles. The molecule has 0 nitrogen and oxygen atoms in total. The summed E-state index contributed by atoms with van der Waals surface area (Å²) in [6.45, 7) is 0. The molecule has 5 aliphatic rings. The Kier molecular flexibility index (Phi) is 3.65. The Morgan fingerprint density at radius 3 is 2.50 bits per heavy atom. The molecule has 0 saturated carbocycles. The van der Waals surface area contributed by atoms with E-state index in [1.54, 1.807) is 11.1 Å². The van der Waals surface area contributed by atoms with Gasteiger partial charge in [-0.3, -0.25) is 0 Å². The van der Waals surface area contributed by atoms with Crippen molar-refractivity contribution in [1.29, 1.82) is 0 Å². The quantitative estimate of drug-likeness (QED) is 0.666. The number of hydrogen-bond acceptors (Lipinski definition) is 0. The average molecular weight is 360 g/mol. The highest BCUT2D eigenvalue weighted by Gasteiger charge is 2.36. The Bertz CT molecular complexity index is 1170. The third kappa shape index (κ3) is 2.37. The van der Waals surface area contributed by atoms with Gasteiger partial charge in [-0.1, -0.05) is 97.2 Å². The van der Waals surface area contributed by atoms with Gasteiger partial charge < -0.3 is 0 Å². The van der Waals surface area contributed by atoms with Crippen molar-refractivity contribution in [3.05, 3.63) is 118 Å². The SMILES string of the molecule is C1=CC2C=c3ccccc3=C(C3=CC4=C(C=CCC4)C4C=CC=CC34)C2C=C1. The van der Waals surface area contributed by atoms with E-state index >= 15 is 0 Å². The van der Waals surface area contributed by atoms with Gasteiger partial charge in [0.2, 0.25) is 0 Å². The average Bonchev–Trinajstić information content (AvgIpc) is 2.77. The largest absolute Gasteiger partial charge is 0.0839 e. The van der Waals surface area contributed by atoms with E-state index in [4.69, 9.17) is 0 Å². The highest BCUT2D eigenvalue weighted by molar-refractivity contribution is 5.76. The first-order chi connectivity index (χ1) is 13.9. The zero-order valence-corrected chi connectivity index (χ0v) is 16.0. The van der Waals surface area contributed by atoms with Crippen LogP contribution in [-0.2, 0) is 0 Å². The molecule has 0 N–H and O–H groups in total. The van der Waals surface area contributed by atoms with Crippen LogP contribution in [0.5, 0.6) is 0 Å². The highest BCUT2D eigenvalue weighted by Crippen LogP contribution is 2.47.